The predicted molar refractivity (Wildman–Crippen MR) is 84.8 cm³/mol. The van der Waals surface area contributed by atoms with Crippen molar-refractivity contribution in [1.29, 1.82) is 0 Å². The molecule has 0 nitrogen and oxygen atoms in total. The summed E-state index contributed by atoms with van der Waals surface area (Å²) in [7, 11) is 0. The van der Waals surface area contributed by atoms with Gasteiger partial charge in [0.25, 0.3) is 0 Å². The smallest absolute Gasteiger partial charge is 0.0271 e. The van der Waals surface area contributed by atoms with Gasteiger partial charge in [-0.3, -0.25) is 0 Å². The molecule has 0 bridgehead atoms. The fraction of sp³-hybridized carbons (Fsp3) is 0.684. The van der Waals surface area contributed by atoms with Gasteiger partial charge in [0.2, 0.25) is 0 Å². The summed E-state index contributed by atoms with van der Waals surface area (Å²) in [6.45, 7) is 11.5. The Morgan fingerprint density at radius 3 is 1.95 bits per heavy atom. The SMILES string of the molecule is Cc1cc(C)c(C)c(CCC2CCC(C)CC2)c1C. The van der Waals surface area contributed by atoms with E-state index in [1.807, 2.05) is 0 Å². The van der Waals surface area contributed by atoms with Gasteiger partial charge < -0.3 is 0 Å². The van der Waals surface area contributed by atoms with Crippen LogP contribution in [0, 0.1) is 39.5 Å². The molecule has 1 saturated carbocycles. The van der Waals surface area contributed by atoms with Crippen molar-refractivity contribution in [2.24, 2.45) is 11.8 Å². The Hall–Kier alpha value is -0.780. The molecular weight excluding hydrogens is 228 g/mol. The second-order valence-electron chi connectivity index (χ2n) is 6.90. The lowest BCUT2D eigenvalue weighted by Crippen LogP contribution is -2.13. The standard InChI is InChI=1S/C19H30/c1-13-6-8-18(9-7-13)10-11-19-16(4)14(2)12-15(3)17(19)5/h12-13,18H,6-11H2,1-5H3. The van der Waals surface area contributed by atoms with Crippen LogP contribution in [-0.2, 0) is 6.42 Å². The highest BCUT2D eigenvalue weighted by atomic mass is 14.2. The highest BCUT2D eigenvalue weighted by Crippen LogP contribution is 2.32. The van der Waals surface area contributed by atoms with Gasteiger partial charge in [0.1, 0.15) is 0 Å². The minimum absolute atomic E-state index is 0.973. The van der Waals surface area contributed by atoms with Crippen LogP contribution in [-0.4, -0.2) is 0 Å². The maximum atomic E-state index is 2.41. The molecule has 1 aliphatic rings. The van der Waals surface area contributed by atoms with E-state index in [0.29, 0.717) is 0 Å². The van der Waals surface area contributed by atoms with Gasteiger partial charge in [0, 0.05) is 0 Å². The first-order valence-corrected chi connectivity index (χ1v) is 8.05. The van der Waals surface area contributed by atoms with E-state index in [2.05, 4.69) is 40.7 Å². The molecule has 1 aliphatic carbocycles. The molecule has 0 unspecified atom stereocenters. The lowest BCUT2D eigenvalue weighted by Gasteiger charge is -2.26. The van der Waals surface area contributed by atoms with E-state index < -0.39 is 0 Å². The van der Waals surface area contributed by atoms with Crippen molar-refractivity contribution in [2.75, 3.05) is 0 Å². The monoisotopic (exact) mass is 258 g/mol. The zero-order valence-electron chi connectivity index (χ0n) is 13.5. The Kier molecular flexibility index (Phi) is 4.71. The fourth-order valence-electron chi connectivity index (χ4n) is 3.64. The van der Waals surface area contributed by atoms with Crippen LogP contribution in [0.4, 0.5) is 0 Å². The molecular formula is C19H30. The zero-order chi connectivity index (χ0) is 14.0. The summed E-state index contributed by atoms with van der Waals surface area (Å²) in [6, 6.07) is 2.34. The molecule has 0 atom stereocenters. The summed E-state index contributed by atoms with van der Waals surface area (Å²) < 4.78 is 0. The molecule has 1 aromatic rings. The van der Waals surface area contributed by atoms with Crippen molar-refractivity contribution in [3.8, 4) is 0 Å². The lowest BCUT2D eigenvalue weighted by molar-refractivity contribution is 0.277. The maximum Gasteiger partial charge on any atom is -0.0271 e. The molecule has 2 rings (SSSR count). The summed E-state index contributed by atoms with van der Waals surface area (Å²) in [5.41, 5.74) is 7.64. The van der Waals surface area contributed by atoms with Crippen molar-refractivity contribution < 1.29 is 0 Å². The number of hydrogen-bond donors (Lipinski definition) is 0. The number of benzene rings is 1. The first-order valence-electron chi connectivity index (χ1n) is 8.05. The molecule has 0 saturated heterocycles. The van der Waals surface area contributed by atoms with Crippen LogP contribution < -0.4 is 0 Å². The van der Waals surface area contributed by atoms with E-state index in [0.717, 1.165) is 11.8 Å². The zero-order valence-corrected chi connectivity index (χ0v) is 13.5. The molecule has 0 aliphatic heterocycles. The van der Waals surface area contributed by atoms with E-state index in [4.69, 9.17) is 0 Å². The van der Waals surface area contributed by atoms with E-state index in [9.17, 15) is 0 Å². The van der Waals surface area contributed by atoms with Gasteiger partial charge >= 0.3 is 0 Å². The third-order valence-corrected chi connectivity index (χ3v) is 5.46. The maximum absolute atomic E-state index is 2.41. The Morgan fingerprint density at radius 1 is 0.895 bits per heavy atom. The van der Waals surface area contributed by atoms with Crippen LogP contribution in [0.25, 0.3) is 0 Å². The van der Waals surface area contributed by atoms with E-state index in [-0.39, 0.29) is 0 Å². The molecule has 0 heterocycles. The van der Waals surface area contributed by atoms with Gasteiger partial charge in [-0.1, -0.05) is 38.7 Å². The second-order valence-corrected chi connectivity index (χ2v) is 6.90. The molecule has 0 heteroatoms. The minimum atomic E-state index is 0.973. The molecule has 19 heavy (non-hydrogen) atoms. The van der Waals surface area contributed by atoms with Crippen molar-refractivity contribution >= 4 is 0 Å². The summed E-state index contributed by atoms with van der Waals surface area (Å²) in [4.78, 5) is 0. The Morgan fingerprint density at radius 2 is 1.42 bits per heavy atom. The van der Waals surface area contributed by atoms with Gasteiger partial charge in [0.15, 0.2) is 0 Å². The molecule has 0 spiro atoms. The Balaban J connectivity index is 2.03. The highest BCUT2D eigenvalue weighted by molar-refractivity contribution is 5.44. The molecule has 0 radical (unpaired) electrons. The highest BCUT2D eigenvalue weighted by Gasteiger charge is 2.19. The lowest BCUT2D eigenvalue weighted by atomic mass is 9.79. The quantitative estimate of drug-likeness (QED) is 0.654. The third-order valence-electron chi connectivity index (χ3n) is 5.46. The Labute approximate surface area is 119 Å². The molecule has 0 aromatic heterocycles. The van der Waals surface area contributed by atoms with Gasteiger partial charge in [-0.2, -0.15) is 0 Å². The van der Waals surface area contributed by atoms with Gasteiger partial charge in [0.05, 0.1) is 0 Å². The van der Waals surface area contributed by atoms with Crippen molar-refractivity contribution in [3.63, 3.8) is 0 Å². The van der Waals surface area contributed by atoms with Crippen LogP contribution in [0.5, 0.6) is 0 Å². The third kappa shape index (κ3) is 3.41. The summed E-state index contributed by atoms with van der Waals surface area (Å²) in [5.74, 6) is 1.96. The van der Waals surface area contributed by atoms with Crippen LogP contribution in [0.15, 0.2) is 6.07 Å². The Bertz CT molecular complexity index is 408. The van der Waals surface area contributed by atoms with Crippen LogP contribution in [0.3, 0.4) is 0 Å². The van der Waals surface area contributed by atoms with Crippen molar-refractivity contribution in [2.45, 2.75) is 73.1 Å². The number of aryl methyl sites for hydroxylation is 2. The van der Waals surface area contributed by atoms with Gasteiger partial charge in [-0.15, -0.1) is 0 Å². The topological polar surface area (TPSA) is 0 Å². The molecule has 0 amide bonds. The van der Waals surface area contributed by atoms with Crippen molar-refractivity contribution in [3.05, 3.63) is 33.9 Å². The van der Waals surface area contributed by atoms with Gasteiger partial charge in [-0.25, -0.2) is 0 Å². The molecule has 1 fully saturated rings. The minimum Gasteiger partial charge on any atom is -0.0625 e. The molecule has 1 aromatic carbocycles. The summed E-state index contributed by atoms with van der Waals surface area (Å²) >= 11 is 0. The average molecular weight is 258 g/mol. The molecule has 106 valence electrons. The summed E-state index contributed by atoms with van der Waals surface area (Å²) in [5, 5.41) is 0. The largest absolute Gasteiger partial charge is 0.0625 e. The number of rotatable bonds is 3. The normalized spacial score (nSPS) is 23.6. The first kappa shape index (κ1) is 14.6. The summed E-state index contributed by atoms with van der Waals surface area (Å²) in [6.07, 6.45) is 8.52. The van der Waals surface area contributed by atoms with Crippen LogP contribution in [0.1, 0.15) is 66.8 Å². The average Bonchev–Trinajstić information content (AvgIpc) is 2.38. The van der Waals surface area contributed by atoms with Gasteiger partial charge in [-0.05, 0) is 80.2 Å². The molecule has 0 N–H and O–H groups in total. The number of hydrogen-bond acceptors (Lipinski definition) is 0. The van der Waals surface area contributed by atoms with Crippen LogP contribution >= 0.6 is 0 Å². The van der Waals surface area contributed by atoms with Crippen LogP contribution in [0.2, 0.25) is 0 Å². The predicted octanol–water partition coefficient (Wildman–Crippen LogP) is 5.68. The fourth-order valence-corrected chi connectivity index (χ4v) is 3.64. The van der Waals surface area contributed by atoms with E-state index in [1.165, 1.54) is 60.8 Å². The first-order chi connectivity index (χ1) is 8.99. The van der Waals surface area contributed by atoms with E-state index >= 15 is 0 Å². The van der Waals surface area contributed by atoms with E-state index in [1.54, 1.807) is 5.56 Å². The second kappa shape index (κ2) is 6.11. The van der Waals surface area contributed by atoms with Crippen molar-refractivity contribution in [1.82, 2.24) is 0 Å².